The lowest BCUT2D eigenvalue weighted by Gasteiger charge is -2.34. The van der Waals surface area contributed by atoms with E-state index in [9.17, 15) is 4.79 Å². The molecule has 0 bridgehead atoms. The number of halogens is 2. The van der Waals surface area contributed by atoms with E-state index >= 15 is 0 Å². The van der Waals surface area contributed by atoms with Crippen LogP contribution in [0.25, 0.3) is 0 Å². The number of carbonyl (C=O) groups excluding carboxylic acids is 1. The molecule has 0 aromatic heterocycles. The molecular formula is C21H26Cl2N2O4. The molecule has 2 aromatic carbocycles. The molecule has 1 aliphatic rings. The molecule has 0 radical (unpaired) electrons. The Kier molecular flexibility index (Phi) is 8.89. The summed E-state index contributed by atoms with van der Waals surface area (Å²) in [6.07, 6.45) is 0. The number of methoxy groups -OCH3 is 2. The first-order chi connectivity index (χ1) is 13.6. The average Bonchev–Trinajstić information content (AvgIpc) is 2.74. The summed E-state index contributed by atoms with van der Waals surface area (Å²) in [5, 5.41) is 0.743. The number of amides is 1. The van der Waals surface area contributed by atoms with E-state index < -0.39 is 0 Å². The minimum Gasteiger partial charge on any atom is -0.496 e. The van der Waals surface area contributed by atoms with Crippen molar-refractivity contribution in [2.24, 2.45) is 0 Å². The molecule has 0 unspecified atom stereocenters. The van der Waals surface area contributed by atoms with Crippen molar-refractivity contribution in [3.05, 3.63) is 53.1 Å². The summed E-state index contributed by atoms with van der Waals surface area (Å²) in [4.78, 5) is 16.7. The lowest BCUT2D eigenvalue weighted by atomic mass is 10.2. The molecule has 1 heterocycles. The maximum atomic E-state index is 12.5. The van der Waals surface area contributed by atoms with Crippen molar-refractivity contribution in [1.82, 2.24) is 9.80 Å². The van der Waals surface area contributed by atoms with Gasteiger partial charge in [0.15, 0.2) is 6.61 Å². The van der Waals surface area contributed by atoms with Crippen LogP contribution in [0, 0.1) is 0 Å². The predicted octanol–water partition coefficient (Wildman–Crippen LogP) is 3.50. The number of piperazine rings is 1. The summed E-state index contributed by atoms with van der Waals surface area (Å²) >= 11 is 5.93. The molecule has 29 heavy (non-hydrogen) atoms. The van der Waals surface area contributed by atoms with Crippen LogP contribution in [0.5, 0.6) is 17.2 Å². The normalized spacial score (nSPS) is 14.1. The highest BCUT2D eigenvalue weighted by atomic mass is 35.5. The average molecular weight is 441 g/mol. The van der Waals surface area contributed by atoms with Crippen LogP contribution in [-0.4, -0.2) is 62.7 Å². The second kappa shape index (κ2) is 11.1. The third-order valence-corrected chi connectivity index (χ3v) is 4.98. The van der Waals surface area contributed by atoms with Crippen molar-refractivity contribution in [3.63, 3.8) is 0 Å². The molecule has 0 N–H and O–H groups in total. The summed E-state index contributed by atoms with van der Waals surface area (Å²) in [5.74, 6) is 1.77. The molecule has 1 saturated heterocycles. The molecular weight excluding hydrogens is 415 g/mol. The summed E-state index contributed by atoms with van der Waals surface area (Å²) < 4.78 is 16.1. The molecule has 0 spiro atoms. The van der Waals surface area contributed by atoms with Crippen LogP contribution in [0.15, 0.2) is 42.5 Å². The summed E-state index contributed by atoms with van der Waals surface area (Å²) in [6.45, 7) is 3.91. The number of hydrogen-bond donors (Lipinski definition) is 0. The van der Waals surface area contributed by atoms with E-state index in [2.05, 4.69) is 4.90 Å². The first-order valence-electron chi connectivity index (χ1n) is 9.18. The van der Waals surface area contributed by atoms with E-state index in [1.807, 2.05) is 29.2 Å². The molecule has 1 amide bonds. The van der Waals surface area contributed by atoms with Gasteiger partial charge < -0.3 is 19.1 Å². The minimum atomic E-state index is -0.0204. The number of ether oxygens (including phenoxy) is 3. The summed E-state index contributed by atoms with van der Waals surface area (Å²) in [7, 11) is 3.15. The summed E-state index contributed by atoms with van der Waals surface area (Å²) in [6, 6.07) is 13.1. The van der Waals surface area contributed by atoms with Crippen LogP contribution in [0.3, 0.4) is 0 Å². The molecule has 1 aliphatic heterocycles. The maximum absolute atomic E-state index is 12.5. The molecule has 0 aliphatic carbocycles. The van der Waals surface area contributed by atoms with Gasteiger partial charge >= 0.3 is 0 Å². The fraction of sp³-hybridized carbons (Fsp3) is 0.381. The third kappa shape index (κ3) is 6.70. The molecule has 158 valence electrons. The van der Waals surface area contributed by atoms with E-state index in [1.54, 1.807) is 32.4 Å². The number of hydrogen-bond acceptors (Lipinski definition) is 5. The minimum absolute atomic E-state index is 0. The summed E-state index contributed by atoms with van der Waals surface area (Å²) in [5.41, 5.74) is 1.22. The third-order valence-electron chi connectivity index (χ3n) is 4.73. The zero-order chi connectivity index (χ0) is 19.9. The number of rotatable bonds is 7. The largest absolute Gasteiger partial charge is 0.496 e. The van der Waals surface area contributed by atoms with Crippen LogP contribution >= 0.6 is 24.0 Å². The Balaban J connectivity index is 0.00000300. The first kappa shape index (κ1) is 23.1. The Morgan fingerprint density at radius 2 is 1.48 bits per heavy atom. The topological polar surface area (TPSA) is 51.2 Å². The van der Waals surface area contributed by atoms with E-state index in [0.29, 0.717) is 30.3 Å². The van der Waals surface area contributed by atoms with Gasteiger partial charge in [0.05, 0.1) is 14.2 Å². The van der Waals surface area contributed by atoms with Gasteiger partial charge in [0.25, 0.3) is 5.91 Å². The zero-order valence-corrected chi connectivity index (χ0v) is 18.2. The van der Waals surface area contributed by atoms with Gasteiger partial charge in [0, 0.05) is 55.9 Å². The van der Waals surface area contributed by atoms with Crippen LogP contribution in [0.4, 0.5) is 0 Å². The van der Waals surface area contributed by atoms with Crippen molar-refractivity contribution >= 4 is 29.9 Å². The van der Waals surface area contributed by atoms with Gasteiger partial charge in [-0.25, -0.2) is 0 Å². The first-order valence-corrected chi connectivity index (χ1v) is 9.55. The molecule has 0 atom stereocenters. The fourth-order valence-corrected chi connectivity index (χ4v) is 3.23. The Morgan fingerprint density at radius 1 is 0.931 bits per heavy atom. The van der Waals surface area contributed by atoms with Gasteiger partial charge in [-0.1, -0.05) is 23.7 Å². The lowest BCUT2D eigenvalue weighted by molar-refractivity contribution is -0.135. The van der Waals surface area contributed by atoms with E-state index in [1.165, 1.54) is 5.56 Å². The van der Waals surface area contributed by atoms with E-state index in [4.69, 9.17) is 25.8 Å². The highest BCUT2D eigenvalue weighted by Crippen LogP contribution is 2.27. The van der Waals surface area contributed by atoms with Crippen molar-refractivity contribution < 1.29 is 19.0 Å². The van der Waals surface area contributed by atoms with Crippen LogP contribution < -0.4 is 14.2 Å². The molecule has 1 fully saturated rings. The Hall–Kier alpha value is -2.15. The molecule has 2 aromatic rings. The van der Waals surface area contributed by atoms with Crippen LogP contribution in [-0.2, 0) is 11.3 Å². The van der Waals surface area contributed by atoms with Gasteiger partial charge in [0.2, 0.25) is 0 Å². The van der Waals surface area contributed by atoms with Crippen molar-refractivity contribution in [2.45, 2.75) is 6.54 Å². The second-order valence-electron chi connectivity index (χ2n) is 6.62. The molecule has 6 nitrogen and oxygen atoms in total. The zero-order valence-electron chi connectivity index (χ0n) is 16.6. The standard InChI is InChI=1S/C21H25ClN2O4.ClH/c1-26-18-11-19(27-2)13-20(12-18)28-15-21(25)24-9-7-23(8-10-24)14-16-3-5-17(22)6-4-16;/h3-6,11-13H,7-10,14-15H2,1-2H3;1H. The number of carbonyl (C=O) groups is 1. The molecule has 0 saturated carbocycles. The monoisotopic (exact) mass is 440 g/mol. The van der Waals surface area contributed by atoms with E-state index in [0.717, 1.165) is 24.7 Å². The number of benzene rings is 2. The Bertz CT molecular complexity index is 772. The fourth-order valence-electron chi connectivity index (χ4n) is 3.10. The van der Waals surface area contributed by atoms with Gasteiger partial charge in [-0.05, 0) is 17.7 Å². The van der Waals surface area contributed by atoms with E-state index in [-0.39, 0.29) is 24.9 Å². The second-order valence-corrected chi connectivity index (χ2v) is 7.06. The van der Waals surface area contributed by atoms with Gasteiger partial charge in [-0.2, -0.15) is 0 Å². The molecule has 8 heteroatoms. The van der Waals surface area contributed by atoms with Gasteiger partial charge in [-0.3, -0.25) is 9.69 Å². The van der Waals surface area contributed by atoms with Crippen molar-refractivity contribution in [1.29, 1.82) is 0 Å². The van der Waals surface area contributed by atoms with Crippen LogP contribution in [0.1, 0.15) is 5.56 Å². The highest BCUT2D eigenvalue weighted by Gasteiger charge is 2.21. The van der Waals surface area contributed by atoms with Crippen molar-refractivity contribution in [3.8, 4) is 17.2 Å². The van der Waals surface area contributed by atoms with Gasteiger partial charge in [0.1, 0.15) is 17.2 Å². The smallest absolute Gasteiger partial charge is 0.260 e. The number of nitrogens with zero attached hydrogens (tertiary/aromatic N) is 2. The Morgan fingerprint density at radius 3 is 2.03 bits per heavy atom. The van der Waals surface area contributed by atoms with Gasteiger partial charge in [-0.15, -0.1) is 12.4 Å². The lowest BCUT2D eigenvalue weighted by Crippen LogP contribution is -2.49. The highest BCUT2D eigenvalue weighted by molar-refractivity contribution is 6.30. The SMILES string of the molecule is COc1cc(OC)cc(OCC(=O)N2CCN(Cc3ccc(Cl)cc3)CC2)c1.Cl. The van der Waals surface area contributed by atoms with Crippen LogP contribution in [0.2, 0.25) is 5.02 Å². The quantitative estimate of drug-likeness (QED) is 0.659. The maximum Gasteiger partial charge on any atom is 0.260 e. The Labute approximate surface area is 182 Å². The predicted molar refractivity (Wildman–Crippen MR) is 116 cm³/mol. The molecule has 3 rings (SSSR count). The van der Waals surface area contributed by atoms with Crippen molar-refractivity contribution in [2.75, 3.05) is 47.0 Å².